The van der Waals surface area contributed by atoms with Gasteiger partial charge >= 0.3 is 5.69 Å². The monoisotopic (exact) mass is 320 g/mol. The second-order valence-corrected chi connectivity index (χ2v) is 5.94. The van der Waals surface area contributed by atoms with Crippen LogP contribution in [-0.2, 0) is 14.8 Å². The SMILES string of the molecule is CCOCCN(CC)S(=O)(=O)c1cccc(F)c1[N+](=O)[O-]. The lowest BCUT2D eigenvalue weighted by atomic mass is 10.3. The summed E-state index contributed by atoms with van der Waals surface area (Å²) in [7, 11) is -4.16. The Morgan fingerprint density at radius 3 is 2.57 bits per heavy atom. The van der Waals surface area contributed by atoms with Crippen molar-refractivity contribution in [2.75, 3.05) is 26.3 Å². The zero-order valence-corrected chi connectivity index (χ0v) is 12.6. The molecule has 0 radical (unpaired) electrons. The smallest absolute Gasteiger partial charge is 0.324 e. The maximum absolute atomic E-state index is 13.6. The van der Waals surface area contributed by atoms with Gasteiger partial charge in [-0.2, -0.15) is 8.70 Å². The Morgan fingerprint density at radius 1 is 1.38 bits per heavy atom. The Hall–Kier alpha value is -1.58. The number of hydrogen-bond donors (Lipinski definition) is 0. The van der Waals surface area contributed by atoms with Gasteiger partial charge in [-0.15, -0.1) is 0 Å². The lowest BCUT2D eigenvalue weighted by Crippen LogP contribution is -2.34. The Balaban J connectivity index is 3.23. The van der Waals surface area contributed by atoms with Crippen LogP contribution in [0.25, 0.3) is 0 Å². The van der Waals surface area contributed by atoms with Crippen molar-refractivity contribution in [2.24, 2.45) is 0 Å². The molecule has 0 aliphatic rings. The van der Waals surface area contributed by atoms with Gasteiger partial charge in [0.2, 0.25) is 15.8 Å². The molecule has 7 nitrogen and oxygen atoms in total. The van der Waals surface area contributed by atoms with E-state index in [1.165, 1.54) is 0 Å². The molecule has 0 bridgehead atoms. The van der Waals surface area contributed by atoms with Crippen LogP contribution in [0, 0.1) is 15.9 Å². The average Bonchev–Trinajstić information content (AvgIpc) is 2.42. The van der Waals surface area contributed by atoms with E-state index < -0.39 is 31.3 Å². The molecule has 1 rings (SSSR count). The summed E-state index contributed by atoms with van der Waals surface area (Å²) in [4.78, 5) is 9.24. The second-order valence-electron chi connectivity index (χ2n) is 4.04. The first-order chi connectivity index (χ1) is 9.86. The van der Waals surface area contributed by atoms with E-state index in [9.17, 15) is 22.9 Å². The number of hydrogen-bond acceptors (Lipinski definition) is 5. The second kappa shape index (κ2) is 7.43. The molecular weight excluding hydrogens is 303 g/mol. The molecule has 0 amide bonds. The molecule has 21 heavy (non-hydrogen) atoms. The van der Waals surface area contributed by atoms with Crippen molar-refractivity contribution in [3.63, 3.8) is 0 Å². The van der Waals surface area contributed by atoms with Gasteiger partial charge in [0.25, 0.3) is 0 Å². The normalized spacial score (nSPS) is 11.8. The summed E-state index contributed by atoms with van der Waals surface area (Å²) < 4.78 is 44.5. The molecule has 9 heteroatoms. The van der Waals surface area contributed by atoms with Crippen LogP contribution in [0.1, 0.15) is 13.8 Å². The summed E-state index contributed by atoms with van der Waals surface area (Å²) >= 11 is 0. The fourth-order valence-electron chi connectivity index (χ4n) is 1.78. The molecule has 1 aromatic carbocycles. The summed E-state index contributed by atoms with van der Waals surface area (Å²) in [5, 5.41) is 10.9. The number of rotatable bonds is 8. The molecule has 118 valence electrons. The lowest BCUT2D eigenvalue weighted by Gasteiger charge is -2.20. The predicted octanol–water partition coefficient (Wildman–Crippen LogP) is 1.78. The van der Waals surface area contributed by atoms with E-state index in [-0.39, 0.29) is 19.7 Å². The van der Waals surface area contributed by atoms with Crippen molar-refractivity contribution in [3.05, 3.63) is 34.1 Å². The number of nitrogens with zero attached hydrogens (tertiary/aromatic N) is 2. The maximum Gasteiger partial charge on any atom is 0.324 e. The van der Waals surface area contributed by atoms with Crippen molar-refractivity contribution >= 4 is 15.7 Å². The number of halogens is 1. The molecule has 0 saturated carbocycles. The topological polar surface area (TPSA) is 89.8 Å². The van der Waals surface area contributed by atoms with Gasteiger partial charge in [-0.25, -0.2) is 8.42 Å². The van der Waals surface area contributed by atoms with Crippen LogP contribution in [0.2, 0.25) is 0 Å². The summed E-state index contributed by atoms with van der Waals surface area (Å²) in [5.74, 6) is -1.18. The highest BCUT2D eigenvalue weighted by molar-refractivity contribution is 7.89. The van der Waals surface area contributed by atoms with Crippen LogP contribution in [0.3, 0.4) is 0 Å². The van der Waals surface area contributed by atoms with E-state index >= 15 is 0 Å². The Bertz CT molecular complexity index is 606. The Labute approximate surface area is 122 Å². The third-order valence-corrected chi connectivity index (χ3v) is 4.80. The highest BCUT2D eigenvalue weighted by Crippen LogP contribution is 2.28. The third kappa shape index (κ3) is 3.96. The predicted molar refractivity (Wildman–Crippen MR) is 74.0 cm³/mol. The Morgan fingerprint density at radius 2 is 2.05 bits per heavy atom. The quantitative estimate of drug-likeness (QED) is 0.414. The van der Waals surface area contributed by atoms with Gasteiger partial charge in [0, 0.05) is 19.7 Å². The average molecular weight is 320 g/mol. The van der Waals surface area contributed by atoms with Gasteiger partial charge in [0.1, 0.15) is 0 Å². The zero-order chi connectivity index (χ0) is 16.0. The maximum atomic E-state index is 13.6. The van der Waals surface area contributed by atoms with Crippen molar-refractivity contribution < 1.29 is 22.5 Å². The van der Waals surface area contributed by atoms with Crippen molar-refractivity contribution in [1.29, 1.82) is 0 Å². The first-order valence-corrected chi connectivity index (χ1v) is 7.81. The van der Waals surface area contributed by atoms with E-state index in [0.29, 0.717) is 6.61 Å². The van der Waals surface area contributed by atoms with Crippen LogP contribution < -0.4 is 0 Å². The molecule has 0 N–H and O–H groups in total. The highest BCUT2D eigenvalue weighted by atomic mass is 32.2. The lowest BCUT2D eigenvalue weighted by molar-refractivity contribution is -0.390. The van der Waals surface area contributed by atoms with Crippen LogP contribution >= 0.6 is 0 Å². The molecule has 0 aliphatic heterocycles. The van der Waals surface area contributed by atoms with Crippen LogP contribution in [0.5, 0.6) is 0 Å². The minimum atomic E-state index is -4.16. The summed E-state index contributed by atoms with van der Waals surface area (Å²) in [6.07, 6.45) is 0. The number of likely N-dealkylation sites (N-methyl/N-ethyl adjacent to an activating group) is 1. The summed E-state index contributed by atoms with van der Waals surface area (Å²) in [5.41, 5.74) is -1.03. The standard InChI is InChI=1S/C12H17FN2O5S/c1-3-14(8-9-20-4-2)21(18,19)11-7-5-6-10(13)12(11)15(16)17/h5-7H,3-4,8-9H2,1-2H3. The van der Waals surface area contributed by atoms with E-state index in [2.05, 4.69) is 0 Å². The zero-order valence-electron chi connectivity index (χ0n) is 11.8. The van der Waals surface area contributed by atoms with E-state index in [4.69, 9.17) is 4.74 Å². The Kier molecular flexibility index (Phi) is 6.19. The summed E-state index contributed by atoms with van der Waals surface area (Å²) in [6, 6.07) is 3.01. The van der Waals surface area contributed by atoms with Crippen LogP contribution in [0.4, 0.5) is 10.1 Å². The number of nitro benzene ring substituents is 1. The molecule has 0 aromatic heterocycles. The molecule has 0 saturated heterocycles. The van der Waals surface area contributed by atoms with Gasteiger partial charge < -0.3 is 4.74 Å². The number of sulfonamides is 1. The van der Waals surface area contributed by atoms with E-state index in [1.54, 1.807) is 13.8 Å². The molecule has 0 atom stereocenters. The molecule has 0 unspecified atom stereocenters. The number of benzene rings is 1. The first kappa shape index (κ1) is 17.5. The largest absolute Gasteiger partial charge is 0.380 e. The highest BCUT2D eigenvalue weighted by Gasteiger charge is 2.33. The van der Waals surface area contributed by atoms with Gasteiger partial charge in [0.15, 0.2) is 4.90 Å². The van der Waals surface area contributed by atoms with Crippen molar-refractivity contribution in [2.45, 2.75) is 18.7 Å². The van der Waals surface area contributed by atoms with Gasteiger partial charge in [-0.05, 0) is 19.1 Å². The molecule has 0 spiro atoms. The van der Waals surface area contributed by atoms with Gasteiger partial charge in [-0.3, -0.25) is 10.1 Å². The number of nitro groups is 1. The van der Waals surface area contributed by atoms with E-state index in [1.807, 2.05) is 0 Å². The summed E-state index contributed by atoms with van der Waals surface area (Å²) in [6.45, 7) is 4.09. The van der Waals surface area contributed by atoms with Crippen molar-refractivity contribution in [1.82, 2.24) is 4.31 Å². The van der Waals surface area contributed by atoms with E-state index in [0.717, 1.165) is 22.5 Å². The molecule has 0 aliphatic carbocycles. The van der Waals surface area contributed by atoms with Crippen LogP contribution in [-0.4, -0.2) is 43.9 Å². The molecule has 0 fully saturated rings. The molecular formula is C12H17FN2O5S. The van der Waals surface area contributed by atoms with Crippen LogP contribution in [0.15, 0.2) is 23.1 Å². The molecule has 0 heterocycles. The number of para-hydroxylation sites is 1. The molecule has 1 aromatic rings. The first-order valence-electron chi connectivity index (χ1n) is 6.37. The fraction of sp³-hybridized carbons (Fsp3) is 0.500. The minimum absolute atomic E-state index is 0.0420. The van der Waals surface area contributed by atoms with Gasteiger partial charge in [0.05, 0.1) is 11.5 Å². The fourth-order valence-corrected chi connectivity index (χ4v) is 3.38. The van der Waals surface area contributed by atoms with Crippen molar-refractivity contribution in [3.8, 4) is 0 Å². The minimum Gasteiger partial charge on any atom is -0.380 e. The third-order valence-electron chi connectivity index (χ3n) is 2.79. The van der Waals surface area contributed by atoms with Gasteiger partial charge in [-0.1, -0.05) is 13.0 Å². The number of ether oxygens (including phenoxy) is 1.